The van der Waals surface area contributed by atoms with E-state index >= 15 is 0 Å². The van der Waals surface area contributed by atoms with Crippen LogP contribution in [0.15, 0.2) is 18.2 Å². The van der Waals surface area contributed by atoms with Gasteiger partial charge in [0, 0.05) is 0 Å². The number of hydrogen-bond acceptors (Lipinski definition) is 1. The molecule has 18 heavy (non-hydrogen) atoms. The standard InChI is InChI=1S/C17H26O/c1-13-10-14(2)12-16(11-13)17(18)9-8-15-6-4-3-5-7-15/h10-12,15,17-18H,3-9H2,1-2H3. The summed E-state index contributed by atoms with van der Waals surface area (Å²) in [5.74, 6) is 0.860. The fourth-order valence-electron chi connectivity index (χ4n) is 3.24. The van der Waals surface area contributed by atoms with Gasteiger partial charge in [0.2, 0.25) is 0 Å². The molecule has 1 aliphatic rings. The first-order chi connectivity index (χ1) is 8.65. The topological polar surface area (TPSA) is 20.2 Å². The largest absolute Gasteiger partial charge is 0.388 e. The van der Waals surface area contributed by atoms with Gasteiger partial charge in [0.25, 0.3) is 0 Å². The highest BCUT2D eigenvalue weighted by Crippen LogP contribution is 2.30. The quantitative estimate of drug-likeness (QED) is 0.816. The zero-order chi connectivity index (χ0) is 13.0. The molecule has 0 spiro atoms. The normalized spacial score (nSPS) is 18.8. The Hall–Kier alpha value is -0.820. The highest BCUT2D eigenvalue weighted by Gasteiger charge is 2.16. The fraction of sp³-hybridized carbons (Fsp3) is 0.647. The molecule has 1 aromatic carbocycles. The van der Waals surface area contributed by atoms with Crippen LogP contribution in [0, 0.1) is 19.8 Å². The molecule has 1 N–H and O–H groups in total. The molecule has 1 fully saturated rings. The summed E-state index contributed by atoms with van der Waals surface area (Å²) in [5.41, 5.74) is 3.60. The molecule has 0 heterocycles. The van der Waals surface area contributed by atoms with Crippen LogP contribution >= 0.6 is 0 Å². The monoisotopic (exact) mass is 246 g/mol. The molecular weight excluding hydrogens is 220 g/mol. The molecule has 1 heteroatoms. The summed E-state index contributed by atoms with van der Waals surface area (Å²) < 4.78 is 0. The molecule has 0 bridgehead atoms. The third-order valence-corrected chi connectivity index (χ3v) is 4.20. The van der Waals surface area contributed by atoms with E-state index in [1.54, 1.807) is 0 Å². The van der Waals surface area contributed by atoms with Crippen LogP contribution in [0.4, 0.5) is 0 Å². The van der Waals surface area contributed by atoms with Gasteiger partial charge in [-0.15, -0.1) is 0 Å². The number of hydrogen-bond donors (Lipinski definition) is 1. The molecule has 1 saturated carbocycles. The summed E-state index contributed by atoms with van der Waals surface area (Å²) in [6.45, 7) is 4.20. The minimum absolute atomic E-state index is 0.273. The van der Waals surface area contributed by atoms with Crippen LogP contribution in [-0.2, 0) is 0 Å². The molecule has 100 valence electrons. The van der Waals surface area contributed by atoms with Crippen LogP contribution in [0.25, 0.3) is 0 Å². The van der Waals surface area contributed by atoms with Crippen molar-refractivity contribution in [3.8, 4) is 0 Å². The molecule has 0 saturated heterocycles. The van der Waals surface area contributed by atoms with Crippen LogP contribution in [0.1, 0.15) is 67.7 Å². The van der Waals surface area contributed by atoms with Gasteiger partial charge in [-0.1, -0.05) is 61.4 Å². The number of benzene rings is 1. The third kappa shape index (κ3) is 3.84. The number of aliphatic hydroxyl groups is 1. The van der Waals surface area contributed by atoms with Gasteiger partial charge in [-0.25, -0.2) is 0 Å². The average Bonchev–Trinajstić information content (AvgIpc) is 2.36. The molecule has 1 nitrogen and oxygen atoms in total. The first-order valence-corrected chi connectivity index (χ1v) is 7.41. The lowest BCUT2D eigenvalue weighted by atomic mass is 9.85. The van der Waals surface area contributed by atoms with Crippen molar-refractivity contribution in [1.29, 1.82) is 0 Å². The average molecular weight is 246 g/mol. The van der Waals surface area contributed by atoms with Crippen molar-refractivity contribution in [2.75, 3.05) is 0 Å². The summed E-state index contributed by atoms with van der Waals surface area (Å²) in [6, 6.07) is 6.41. The maximum absolute atomic E-state index is 10.3. The third-order valence-electron chi connectivity index (χ3n) is 4.20. The van der Waals surface area contributed by atoms with Crippen molar-refractivity contribution in [2.24, 2.45) is 5.92 Å². The number of rotatable bonds is 4. The highest BCUT2D eigenvalue weighted by molar-refractivity contribution is 5.29. The Kier molecular flexibility index (Phi) is 4.82. The van der Waals surface area contributed by atoms with Crippen LogP contribution in [-0.4, -0.2) is 5.11 Å². The van der Waals surface area contributed by atoms with Crippen molar-refractivity contribution in [2.45, 2.75) is 64.9 Å². The van der Waals surface area contributed by atoms with Crippen LogP contribution in [0.5, 0.6) is 0 Å². The van der Waals surface area contributed by atoms with E-state index in [9.17, 15) is 5.11 Å². The van der Waals surface area contributed by atoms with Crippen LogP contribution < -0.4 is 0 Å². The molecule has 1 aromatic rings. The van der Waals surface area contributed by atoms with E-state index in [1.165, 1.54) is 49.7 Å². The molecule has 0 radical (unpaired) electrons. The predicted molar refractivity (Wildman–Crippen MR) is 76.7 cm³/mol. The van der Waals surface area contributed by atoms with E-state index in [1.807, 2.05) is 0 Å². The second kappa shape index (κ2) is 6.38. The number of aliphatic hydroxyl groups excluding tert-OH is 1. The maximum Gasteiger partial charge on any atom is 0.0790 e. The van der Waals surface area contributed by atoms with Crippen molar-refractivity contribution in [1.82, 2.24) is 0 Å². The summed E-state index contributed by atoms with van der Waals surface area (Å²) in [4.78, 5) is 0. The van der Waals surface area contributed by atoms with Gasteiger partial charge in [-0.2, -0.15) is 0 Å². The Labute approximate surface area is 111 Å². The van der Waals surface area contributed by atoms with Crippen molar-refractivity contribution < 1.29 is 5.11 Å². The second-order valence-electron chi connectivity index (χ2n) is 6.02. The van der Waals surface area contributed by atoms with E-state index in [4.69, 9.17) is 0 Å². The second-order valence-corrected chi connectivity index (χ2v) is 6.02. The summed E-state index contributed by atoms with van der Waals surface area (Å²) in [6.07, 6.45) is 8.79. The van der Waals surface area contributed by atoms with Gasteiger partial charge in [0.1, 0.15) is 0 Å². The molecule has 0 aromatic heterocycles. The van der Waals surface area contributed by atoms with Gasteiger partial charge >= 0.3 is 0 Å². The zero-order valence-electron chi connectivity index (χ0n) is 11.8. The SMILES string of the molecule is Cc1cc(C)cc(C(O)CCC2CCCCC2)c1. The predicted octanol–water partition coefficient (Wildman–Crippen LogP) is 4.70. The smallest absolute Gasteiger partial charge is 0.0790 e. The van der Waals surface area contributed by atoms with Gasteiger partial charge in [-0.3, -0.25) is 0 Å². The van der Waals surface area contributed by atoms with Crippen molar-refractivity contribution in [3.63, 3.8) is 0 Å². The summed E-state index contributed by atoms with van der Waals surface area (Å²) in [7, 11) is 0. The Morgan fingerprint density at radius 1 is 1.06 bits per heavy atom. The summed E-state index contributed by atoms with van der Waals surface area (Å²) >= 11 is 0. The molecule has 0 aliphatic heterocycles. The van der Waals surface area contributed by atoms with E-state index in [-0.39, 0.29) is 6.10 Å². The Morgan fingerprint density at radius 3 is 2.28 bits per heavy atom. The lowest BCUT2D eigenvalue weighted by Crippen LogP contribution is -2.08. The zero-order valence-corrected chi connectivity index (χ0v) is 11.8. The van der Waals surface area contributed by atoms with E-state index < -0.39 is 0 Å². The van der Waals surface area contributed by atoms with E-state index in [0.29, 0.717) is 0 Å². The summed E-state index contributed by atoms with van der Waals surface area (Å²) in [5, 5.41) is 10.3. The van der Waals surface area contributed by atoms with Crippen LogP contribution in [0.2, 0.25) is 0 Å². The number of aryl methyl sites for hydroxylation is 2. The lowest BCUT2D eigenvalue weighted by molar-refractivity contribution is 0.151. The van der Waals surface area contributed by atoms with Gasteiger partial charge in [-0.05, 0) is 38.2 Å². The van der Waals surface area contributed by atoms with E-state index in [0.717, 1.165) is 17.9 Å². The highest BCUT2D eigenvalue weighted by atomic mass is 16.3. The molecular formula is C17H26O. The van der Waals surface area contributed by atoms with E-state index in [2.05, 4.69) is 32.0 Å². The molecule has 1 atom stereocenters. The Morgan fingerprint density at radius 2 is 1.67 bits per heavy atom. The first kappa shape index (κ1) is 13.6. The van der Waals surface area contributed by atoms with Crippen molar-refractivity contribution >= 4 is 0 Å². The minimum atomic E-state index is -0.273. The first-order valence-electron chi connectivity index (χ1n) is 7.41. The van der Waals surface area contributed by atoms with Gasteiger partial charge in [0.05, 0.1) is 6.10 Å². The molecule has 0 amide bonds. The Bertz CT molecular complexity index is 357. The van der Waals surface area contributed by atoms with Gasteiger partial charge < -0.3 is 5.11 Å². The fourth-order valence-corrected chi connectivity index (χ4v) is 3.24. The lowest BCUT2D eigenvalue weighted by Gasteiger charge is -2.23. The molecule has 1 unspecified atom stereocenters. The minimum Gasteiger partial charge on any atom is -0.388 e. The van der Waals surface area contributed by atoms with Crippen LogP contribution in [0.3, 0.4) is 0 Å². The van der Waals surface area contributed by atoms with Gasteiger partial charge in [0.15, 0.2) is 0 Å². The Balaban J connectivity index is 1.88. The molecule has 2 rings (SSSR count). The van der Waals surface area contributed by atoms with Crippen molar-refractivity contribution in [3.05, 3.63) is 34.9 Å². The molecule has 1 aliphatic carbocycles. The maximum atomic E-state index is 10.3.